The van der Waals surface area contributed by atoms with Gasteiger partial charge in [0, 0.05) is 6.20 Å². The third-order valence-electron chi connectivity index (χ3n) is 4.99. The molecule has 0 bridgehead atoms. The summed E-state index contributed by atoms with van der Waals surface area (Å²) in [6, 6.07) is 9.63. The molecule has 0 aliphatic carbocycles. The number of thiazole rings is 1. The minimum Gasteiger partial charge on any atom is -0.465 e. The molecular formula is C22H22N4O3S. The van der Waals surface area contributed by atoms with Gasteiger partial charge in [-0.2, -0.15) is 4.99 Å². The number of hydrogen-bond acceptors (Lipinski definition) is 5. The Kier molecular flexibility index (Phi) is 5.26. The third kappa shape index (κ3) is 3.54. The van der Waals surface area contributed by atoms with Crippen molar-refractivity contribution in [2.45, 2.75) is 34.2 Å². The van der Waals surface area contributed by atoms with E-state index in [1.165, 1.54) is 11.3 Å². The summed E-state index contributed by atoms with van der Waals surface area (Å²) >= 11 is 1.38. The lowest BCUT2D eigenvalue weighted by atomic mass is 10.1. The summed E-state index contributed by atoms with van der Waals surface area (Å²) < 4.78 is 9.58. The van der Waals surface area contributed by atoms with E-state index in [0.717, 1.165) is 21.3 Å². The van der Waals surface area contributed by atoms with Gasteiger partial charge in [-0.15, -0.1) is 0 Å². The molecule has 7 nitrogen and oxygen atoms in total. The van der Waals surface area contributed by atoms with Crippen LogP contribution in [0.15, 0.2) is 41.5 Å². The van der Waals surface area contributed by atoms with E-state index in [0.29, 0.717) is 28.4 Å². The largest absolute Gasteiger partial charge is 0.465 e. The fourth-order valence-electron chi connectivity index (χ4n) is 3.41. The quantitative estimate of drug-likeness (QED) is 0.471. The molecule has 0 N–H and O–H groups in total. The Morgan fingerprint density at radius 3 is 2.70 bits per heavy atom. The van der Waals surface area contributed by atoms with Crippen molar-refractivity contribution < 1.29 is 14.3 Å². The number of esters is 1. The van der Waals surface area contributed by atoms with Gasteiger partial charge in [0.25, 0.3) is 5.91 Å². The summed E-state index contributed by atoms with van der Waals surface area (Å²) in [4.78, 5) is 34.7. The van der Waals surface area contributed by atoms with E-state index < -0.39 is 5.91 Å². The van der Waals surface area contributed by atoms with Crippen LogP contribution in [0.5, 0.6) is 0 Å². The van der Waals surface area contributed by atoms with E-state index >= 15 is 0 Å². The predicted molar refractivity (Wildman–Crippen MR) is 116 cm³/mol. The van der Waals surface area contributed by atoms with E-state index in [4.69, 9.17) is 4.74 Å². The Bertz CT molecular complexity index is 1360. The highest BCUT2D eigenvalue weighted by Gasteiger charge is 2.18. The first-order chi connectivity index (χ1) is 14.4. The molecule has 0 aliphatic heterocycles. The molecule has 30 heavy (non-hydrogen) atoms. The number of rotatable bonds is 4. The highest BCUT2D eigenvalue weighted by molar-refractivity contribution is 7.16. The molecule has 1 aromatic carbocycles. The predicted octanol–water partition coefficient (Wildman–Crippen LogP) is 3.58. The van der Waals surface area contributed by atoms with Gasteiger partial charge in [0.1, 0.15) is 17.9 Å². The summed E-state index contributed by atoms with van der Waals surface area (Å²) in [6.45, 7) is 7.91. The molecule has 0 atom stereocenters. The molecule has 0 unspecified atom stereocenters. The van der Waals surface area contributed by atoms with Gasteiger partial charge in [-0.3, -0.25) is 14.0 Å². The van der Waals surface area contributed by atoms with Crippen LogP contribution in [0, 0.1) is 20.8 Å². The minimum atomic E-state index is -0.399. The average Bonchev–Trinajstić information content (AvgIpc) is 3.19. The summed E-state index contributed by atoms with van der Waals surface area (Å²) in [6.07, 6.45) is 1.79. The molecule has 4 rings (SSSR count). The van der Waals surface area contributed by atoms with Gasteiger partial charge in [-0.05, 0) is 63.1 Å². The van der Waals surface area contributed by atoms with Gasteiger partial charge < -0.3 is 9.30 Å². The fourth-order valence-corrected chi connectivity index (χ4v) is 4.51. The second-order valence-corrected chi connectivity index (χ2v) is 8.08. The molecule has 154 valence electrons. The van der Waals surface area contributed by atoms with Crippen LogP contribution in [0.25, 0.3) is 15.9 Å². The first kappa shape index (κ1) is 20.0. The Hall–Kier alpha value is -3.26. The topological polar surface area (TPSA) is 78.0 Å². The van der Waals surface area contributed by atoms with E-state index in [1.54, 1.807) is 29.0 Å². The van der Waals surface area contributed by atoms with Gasteiger partial charge in [-0.25, -0.2) is 4.98 Å². The number of carbonyl (C=O) groups excluding carboxylic acids is 2. The smallest absolute Gasteiger partial charge is 0.326 e. The van der Waals surface area contributed by atoms with Crippen molar-refractivity contribution in [2.75, 3.05) is 6.61 Å². The second-order valence-electron chi connectivity index (χ2n) is 7.07. The zero-order valence-electron chi connectivity index (χ0n) is 17.3. The molecule has 0 fully saturated rings. The summed E-state index contributed by atoms with van der Waals surface area (Å²) in [7, 11) is 0. The maximum atomic E-state index is 13.1. The third-order valence-corrected chi connectivity index (χ3v) is 6.04. The molecular weight excluding hydrogens is 400 g/mol. The highest BCUT2D eigenvalue weighted by Crippen LogP contribution is 2.22. The molecule has 0 saturated carbocycles. The number of carbonyl (C=O) groups is 2. The molecule has 8 heteroatoms. The van der Waals surface area contributed by atoms with Gasteiger partial charge >= 0.3 is 5.97 Å². The first-order valence-electron chi connectivity index (χ1n) is 9.68. The van der Waals surface area contributed by atoms with Crippen molar-refractivity contribution in [3.05, 3.63) is 63.8 Å². The summed E-state index contributed by atoms with van der Waals surface area (Å²) in [5, 5.41) is 0. The van der Waals surface area contributed by atoms with Crippen molar-refractivity contribution in [3.8, 4) is 0 Å². The summed E-state index contributed by atoms with van der Waals surface area (Å²) in [5.41, 5.74) is 4.82. The number of amides is 1. The standard InChI is InChI=1S/C22H22N4O3S/c1-5-29-19(27)12-26-16-10-13(2)14(3)11-17(16)30-22(26)24-21(28)20-15(4)23-18-8-6-7-9-25(18)20/h6-11H,5,12H2,1-4H3. The number of nitrogens with zero attached hydrogens (tertiary/aromatic N) is 4. The molecule has 0 aliphatic rings. The average molecular weight is 423 g/mol. The van der Waals surface area contributed by atoms with Crippen molar-refractivity contribution in [1.29, 1.82) is 0 Å². The molecule has 3 heterocycles. The normalized spacial score (nSPS) is 12.1. The maximum absolute atomic E-state index is 13.1. The minimum absolute atomic E-state index is 0.00537. The number of pyridine rings is 1. The van der Waals surface area contributed by atoms with E-state index in [2.05, 4.69) is 16.0 Å². The number of benzene rings is 1. The number of fused-ring (bicyclic) bond motifs is 2. The lowest BCUT2D eigenvalue weighted by molar-refractivity contribution is -0.143. The maximum Gasteiger partial charge on any atom is 0.326 e. The van der Waals surface area contributed by atoms with Crippen molar-refractivity contribution >= 4 is 39.1 Å². The van der Waals surface area contributed by atoms with Gasteiger partial charge in [0.2, 0.25) is 0 Å². The number of hydrogen-bond donors (Lipinski definition) is 0. The Morgan fingerprint density at radius 2 is 1.93 bits per heavy atom. The number of imidazole rings is 1. The number of aromatic nitrogens is 3. The van der Waals surface area contributed by atoms with Gasteiger partial charge in [-0.1, -0.05) is 17.4 Å². The van der Waals surface area contributed by atoms with Crippen LogP contribution < -0.4 is 4.80 Å². The van der Waals surface area contributed by atoms with Crippen molar-refractivity contribution in [1.82, 2.24) is 14.0 Å². The number of aryl methyl sites for hydroxylation is 3. The van der Waals surface area contributed by atoms with Crippen LogP contribution in [0.2, 0.25) is 0 Å². The van der Waals surface area contributed by atoms with E-state index in [1.807, 2.05) is 38.1 Å². The van der Waals surface area contributed by atoms with Crippen LogP contribution >= 0.6 is 11.3 Å². The Labute approximate surface area is 177 Å². The SMILES string of the molecule is CCOC(=O)Cn1c(=NC(=O)c2c(C)nc3ccccn23)sc2cc(C)c(C)cc21. The molecule has 0 radical (unpaired) electrons. The molecule has 0 spiro atoms. The first-order valence-corrected chi connectivity index (χ1v) is 10.5. The Balaban J connectivity index is 1.90. The van der Waals surface area contributed by atoms with E-state index in [-0.39, 0.29) is 12.5 Å². The fraction of sp³-hybridized carbons (Fsp3) is 0.273. The molecule has 0 saturated heterocycles. The van der Waals surface area contributed by atoms with Crippen LogP contribution in [0.3, 0.4) is 0 Å². The van der Waals surface area contributed by atoms with Crippen LogP contribution in [-0.2, 0) is 16.1 Å². The highest BCUT2D eigenvalue weighted by atomic mass is 32.1. The molecule has 1 amide bonds. The van der Waals surface area contributed by atoms with Gasteiger partial charge in [0.15, 0.2) is 4.80 Å². The monoisotopic (exact) mass is 422 g/mol. The molecule has 3 aromatic heterocycles. The molecule has 4 aromatic rings. The lowest BCUT2D eigenvalue weighted by Gasteiger charge is -2.06. The van der Waals surface area contributed by atoms with E-state index in [9.17, 15) is 9.59 Å². The van der Waals surface area contributed by atoms with Crippen molar-refractivity contribution in [2.24, 2.45) is 4.99 Å². The number of ether oxygens (including phenoxy) is 1. The van der Waals surface area contributed by atoms with Crippen LogP contribution in [-0.4, -0.2) is 32.4 Å². The van der Waals surface area contributed by atoms with Crippen LogP contribution in [0.4, 0.5) is 0 Å². The second kappa shape index (κ2) is 7.87. The lowest BCUT2D eigenvalue weighted by Crippen LogP contribution is -2.23. The van der Waals surface area contributed by atoms with Crippen molar-refractivity contribution in [3.63, 3.8) is 0 Å². The zero-order valence-corrected chi connectivity index (χ0v) is 18.1. The Morgan fingerprint density at radius 1 is 1.17 bits per heavy atom. The van der Waals surface area contributed by atoms with Crippen LogP contribution in [0.1, 0.15) is 34.2 Å². The zero-order chi connectivity index (χ0) is 21.4. The summed E-state index contributed by atoms with van der Waals surface area (Å²) in [5.74, 6) is -0.765. The van der Waals surface area contributed by atoms with Gasteiger partial charge in [0.05, 0.1) is 22.5 Å².